The summed E-state index contributed by atoms with van der Waals surface area (Å²) >= 11 is 0. The molecule has 0 radical (unpaired) electrons. The summed E-state index contributed by atoms with van der Waals surface area (Å²) in [6, 6.07) is 87.7. The maximum atomic E-state index is 6.29. The lowest BCUT2D eigenvalue weighted by molar-refractivity contribution is 0.669. The third-order valence-corrected chi connectivity index (χ3v) is 13.2. The molecule has 3 nitrogen and oxygen atoms in total. The minimum atomic E-state index is 0.896. The Morgan fingerprint density at radius 1 is 0.308 bits per heavy atom. The lowest BCUT2D eigenvalue weighted by atomic mass is 9.93. The van der Waals surface area contributed by atoms with Gasteiger partial charge in [-0.2, -0.15) is 0 Å². The fraction of sp³-hybridized carbons (Fsp3) is 0. The number of aromatic nitrogens is 1. The van der Waals surface area contributed by atoms with Crippen molar-refractivity contribution in [2.24, 2.45) is 0 Å². The summed E-state index contributed by atoms with van der Waals surface area (Å²) in [5.74, 6) is 0. The molecule has 0 atom stereocenters. The van der Waals surface area contributed by atoms with E-state index in [-0.39, 0.29) is 0 Å². The van der Waals surface area contributed by atoms with Crippen LogP contribution in [0.3, 0.4) is 0 Å². The maximum absolute atomic E-state index is 6.29. The van der Waals surface area contributed by atoms with Crippen molar-refractivity contribution in [3.05, 3.63) is 243 Å². The van der Waals surface area contributed by atoms with Crippen LogP contribution in [0.2, 0.25) is 0 Å². The second-order valence-corrected chi connectivity index (χ2v) is 16.8. The second-order valence-electron chi connectivity index (χ2n) is 16.8. The Hall–Kier alpha value is -8.66. The quantitative estimate of drug-likeness (QED) is 0.149. The zero-order chi connectivity index (χ0) is 42.8. The molecule has 2 heterocycles. The number of rotatable bonds is 7. The van der Waals surface area contributed by atoms with Crippen molar-refractivity contribution < 1.29 is 4.42 Å². The number of hydrogen-bond acceptors (Lipinski definition) is 2. The third kappa shape index (κ3) is 6.05. The Morgan fingerprint density at radius 3 is 1.58 bits per heavy atom. The monoisotopic (exact) mass is 828 g/mol. The summed E-state index contributed by atoms with van der Waals surface area (Å²) in [6.45, 7) is 0. The van der Waals surface area contributed by atoms with Crippen LogP contribution in [0.15, 0.2) is 247 Å². The number of para-hydroxylation sites is 4. The topological polar surface area (TPSA) is 21.3 Å². The molecule has 3 heteroatoms. The lowest BCUT2D eigenvalue weighted by Gasteiger charge is -2.27. The predicted octanol–water partition coefficient (Wildman–Crippen LogP) is 17.5. The van der Waals surface area contributed by atoms with Gasteiger partial charge in [-0.1, -0.05) is 170 Å². The molecule has 0 amide bonds. The molecule has 304 valence electrons. The van der Waals surface area contributed by atoms with Crippen molar-refractivity contribution in [2.75, 3.05) is 4.90 Å². The van der Waals surface area contributed by atoms with Gasteiger partial charge in [0.2, 0.25) is 0 Å². The average Bonchev–Trinajstić information content (AvgIpc) is 3.93. The first-order valence-corrected chi connectivity index (χ1v) is 22.2. The molecule has 0 aliphatic rings. The van der Waals surface area contributed by atoms with E-state index in [0.717, 1.165) is 61.4 Å². The van der Waals surface area contributed by atoms with Crippen molar-refractivity contribution in [2.45, 2.75) is 0 Å². The van der Waals surface area contributed by atoms with Crippen molar-refractivity contribution in [3.8, 4) is 39.1 Å². The molecule has 0 N–H and O–H groups in total. The Kier molecular flexibility index (Phi) is 8.53. The van der Waals surface area contributed by atoms with E-state index in [0.29, 0.717) is 0 Å². The first-order valence-electron chi connectivity index (χ1n) is 22.2. The molecule has 0 saturated carbocycles. The van der Waals surface area contributed by atoms with Crippen LogP contribution < -0.4 is 4.90 Å². The highest BCUT2D eigenvalue weighted by Gasteiger charge is 2.19. The predicted molar refractivity (Wildman–Crippen MR) is 274 cm³/mol. The van der Waals surface area contributed by atoms with Crippen molar-refractivity contribution in [1.82, 2.24) is 4.57 Å². The van der Waals surface area contributed by atoms with E-state index >= 15 is 0 Å². The molecule has 13 rings (SSSR count). The van der Waals surface area contributed by atoms with E-state index < -0.39 is 0 Å². The van der Waals surface area contributed by atoms with Crippen molar-refractivity contribution in [3.63, 3.8) is 0 Å². The molecule has 13 aromatic rings. The van der Waals surface area contributed by atoms with Crippen LogP contribution in [0, 0.1) is 0 Å². The first kappa shape index (κ1) is 36.9. The number of hydrogen-bond donors (Lipinski definition) is 0. The normalized spacial score (nSPS) is 11.7. The molecule has 0 bridgehead atoms. The van der Waals surface area contributed by atoms with Gasteiger partial charge in [0.15, 0.2) is 0 Å². The molecule has 0 spiro atoms. The Morgan fingerprint density at radius 2 is 0.846 bits per heavy atom. The molecule has 11 aromatic carbocycles. The van der Waals surface area contributed by atoms with Gasteiger partial charge in [-0.25, -0.2) is 0 Å². The number of benzene rings is 11. The summed E-state index contributed by atoms with van der Waals surface area (Å²) in [5, 5.41) is 9.77. The number of furan rings is 1. The number of fused-ring (bicyclic) bond motifs is 9. The Labute approximate surface area is 376 Å². The average molecular weight is 829 g/mol. The van der Waals surface area contributed by atoms with Crippen molar-refractivity contribution in [1.29, 1.82) is 0 Å². The molecule has 65 heavy (non-hydrogen) atoms. The van der Waals surface area contributed by atoms with Gasteiger partial charge < -0.3 is 13.9 Å². The van der Waals surface area contributed by atoms with Gasteiger partial charge in [0, 0.05) is 44.2 Å². The molecule has 0 aliphatic carbocycles. The second kappa shape index (κ2) is 15.0. The smallest absolute Gasteiger partial charge is 0.136 e. The maximum Gasteiger partial charge on any atom is 0.136 e. The third-order valence-electron chi connectivity index (χ3n) is 13.2. The van der Waals surface area contributed by atoms with E-state index in [9.17, 15) is 0 Å². The largest absolute Gasteiger partial charge is 0.456 e. The van der Waals surface area contributed by atoms with Crippen LogP contribution in [-0.4, -0.2) is 4.57 Å². The fourth-order valence-electron chi connectivity index (χ4n) is 10.2. The van der Waals surface area contributed by atoms with Gasteiger partial charge in [-0.05, 0) is 122 Å². The van der Waals surface area contributed by atoms with Crippen LogP contribution in [0.4, 0.5) is 17.1 Å². The SMILES string of the molecule is c1cc(-c2cc3ccccc3c3ccccc23)cc(N(c2ccc(-c3ccccc3-n3c4ccccc4c4ccccc43)cc2)c2ccc(-c3cccc4oc5ccccc5c34)cc2)c1. The van der Waals surface area contributed by atoms with E-state index in [1.54, 1.807) is 0 Å². The highest BCUT2D eigenvalue weighted by Crippen LogP contribution is 2.43. The van der Waals surface area contributed by atoms with Gasteiger partial charge in [-0.15, -0.1) is 0 Å². The van der Waals surface area contributed by atoms with Crippen LogP contribution in [0.1, 0.15) is 0 Å². The van der Waals surface area contributed by atoms with Crippen LogP contribution >= 0.6 is 0 Å². The summed E-state index contributed by atoms with van der Waals surface area (Å²) in [6.07, 6.45) is 0. The molecule has 0 saturated heterocycles. The summed E-state index contributed by atoms with van der Waals surface area (Å²) in [7, 11) is 0. The highest BCUT2D eigenvalue weighted by molar-refractivity contribution is 6.15. The molecule has 0 fully saturated rings. The zero-order valence-electron chi connectivity index (χ0n) is 35.4. The van der Waals surface area contributed by atoms with Crippen LogP contribution in [0.25, 0.3) is 104 Å². The van der Waals surface area contributed by atoms with E-state index in [1.807, 2.05) is 12.1 Å². The first-order chi connectivity index (χ1) is 32.2. The molecule has 0 unspecified atom stereocenters. The van der Waals surface area contributed by atoms with E-state index in [2.05, 4.69) is 240 Å². The van der Waals surface area contributed by atoms with Gasteiger partial charge in [-0.3, -0.25) is 0 Å². The summed E-state index contributed by atoms with van der Waals surface area (Å²) < 4.78 is 8.70. The van der Waals surface area contributed by atoms with Gasteiger partial charge in [0.25, 0.3) is 0 Å². The standard InChI is InChI=1S/C62H40N2O/c1-2-18-48-44(15-1)40-56(52-21-4-3-20-51(48)52)43-16-13-17-47(39-43)63(46-37-33-42(34-38-46)50-25-14-30-61-62(50)55-24-8-12-29-60(55)65-61)45-35-31-41(32-36-45)49-19-5-9-26-57(49)64-58-27-10-6-22-53(58)54-23-7-11-28-59(54)64/h1-40H. The minimum absolute atomic E-state index is 0.896. The van der Waals surface area contributed by atoms with Crippen molar-refractivity contribution >= 4 is 82.4 Å². The van der Waals surface area contributed by atoms with Gasteiger partial charge >= 0.3 is 0 Å². The van der Waals surface area contributed by atoms with Gasteiger partial charge in [0.05, 0.1) is 16.7 Å². The van der Waals surface area contributed by atoms with Crippen LogP contribution in [0.5, 0.6) is 0 Å². The minimum Gasteiger partial charge on any atom is -0.456 e. The van der Waals surface area contributed by atoms with E-state index in [1.165, 1.54) is 60.0 Å². The zero-order valence-corrected chi connectivity index (χ0v) is 35.4. The van der Waals surface area contributed by atoms with Crippen LogP contribution in [-0.2, 0) is 0 Å². The van der Waals surface area contributed by atoms with Gasteiger partial charge in [0.1, 0.15) is 11.2 Å². The number of nitrogens with zero attached hydrogens (tertiary/aromatic N) is 2. The molecular weight excluding hydrogens is 789 g/mol. The Balaban J connectivity index is 0.955. The Bertz CT molecular complexity index is 3900. The highest BCUT2D eigenvalue weighted by atomic mass is 16.3. The van der Waals surface area contributed by atoms with E-state index in [4.69, 9.17) is 4.42 Å². The fourth-order valence-corrected chi connectivity index (χ4v) is 10.2. The molecule has 2 aromatic heterocycles. The molecular formula is C62H40N2O. The lowest BCUT2D eigenvalue weighted by Crippen LogP contribution is -2.10. The number of anilines is 3. The molecule has 0 aliphatic heterocycles. The summed E-state index contributed by atoms with van der Waals surface area (Å²) in [4.78, 5) is 2.38. The summed E-state index contributed by atoms with van der Waals surface area (Å²) in [5.41, 5.74) is 15.6.